The molecule has 0 spiro atoms. The SMILES string of the molecule is O=C(CCl)N1C(=O)c2ccccc2Nc2ccc(Cl)cc21. The van der Waals surface area contributed by atoms with Crippen LogP contribution in [0.15, 0.2) is 42.5 Å². The molecular weight excluding hydrogens is 311 g/mol. The first-order valence-corrected chi connectivity index (χ1v) is 7.12. The van der Waals surface area contributed by atoms with Crippen molar-refractivity contribution in [3.05, 3.63) is 53.1 Å². The highest BCUT2D eigenvalue weighted by molar-refractivity contribution is 6.36. The Balaban J connectivity index is 2.26. The number of carbonyl (C=O) groups excluding carboxylic acids is 2. The maximum Gasteiger partial charge on any atom is 0.267 e. The first-order chi connectivity index (χ1) is 10.1. The number of halogens is 2. The smallest absolute Gasteiger partial charge is 0.267 e. The maximum absolute atomic E-state index is 12.7. The molecule has 0 unspecified atom stereocenters. The zero-order valence-electron chi connectivity index (χ0n) is 10.8. The largest absolute Gasteiger partial charge is 0.353 e. The number of hydrogen-bond donors (Lipinski definition) is 1. The normalized spacial score (nSPS) is 13.0. The summed E-state index contributed by atoms with van der Waals surface area (Å²) in [6, 6.07) is 12.0. The lowest BCUT2D eigenvalue weighted by molar-refractivity contribution is -0.115. The van der Waals surface area contributed by atoms with Gasteiger partial charge in [-0.2, -0.15) is 0 Å². The summed E-state index contributed by atoms with van der Waals surface area (Å²) in [5.74, 6) is -1.21. The van der Waals surface area contributed by atoms with Crippen molar-refractivity contribution < 1.29 is 9.59 Å². The summed E-state index contributed by atoms with van der Waals surface area (Å²) >= 11 is 11.6. The van der Waals surface area contributed by atoms with E-state index in [0.717, 1.165) is 4.90 Å². The zero-order chi connectivity index (χ0) is 15.0. The molecule has 2 aromatic carbocycles. The third kappa shape index (κ3) is 2.37. The molecule has 0 saturated carbocycles. The first-order valence-electron chi connectivity index (χ1n) is 6.20. The van der Waals surface area contributed by atoms with Crippen molar-refractivity contribution in [2.45, 2.75) is 0 Å². The van der Waals surface area contributed by atoms with Gasteiger partial charge >= 0.3 is 0 Å². The molecule has 1 aliphatic heterocycles. The molecule has 0 atom stereocenters. The van der Waals surface area contributed by atoms with E-state index >= 15 is 0 Å². The molecule has 21 heavy (non-hydrogen) atoms. The minimum atomic E-state index is -0.497. The molecule has 1 aliphatic rings. The molecule has 2 aromatic rings. The molecule has 0 saturated heterocycles. The van der Waals surface area contributed by atoms with Crippen molar-refractivity contribution in [3.63, 3.8) is 0 Å². The van der Waals surface area contributed by atoms with E-state index in [1.54, 1.807) is 36.4 Å². The molecule has 0 bridgehead atoms. The van der Waals surface area contributed by atoms with Crippen LogP contribution in [0.3, 0.4) is 0 Å². The second-order valence-electron chi connectivity index (χ2n) is 4.50. The molecule has 0 fully saturated rings. The van der Waals surface area contributed by atoms with Crippen LogP contribution >= 0.6 is 23.2 Å². The molecule has 0 radical (unpaired) electrons. The topological polar surface area (TPSA) is 49.4 Å². The highest BCUT2D eigenvalue weighted by Gasteiger charge is 2.30. The van der Waals surface area contributed by atoms with Gasteiger partial charge in [0.05, 0.1) is 22.6 Å². The van der Waals surface area contributed by atoms with Crippen molar-refractivity contribution >= 4 is 52.1 Å². The van der Waals surface area contributed by atoms with Gasteiger partial charge < -0.3 is 5.32 Å². The zero-order valence-corrected chi connectivity index (χ0v) is 12.3. The Bertz CT molecular complexity index is 746. The number of rotatable bonds is 1. The number of hydrogen-bond acceptors (Lipinski definition) is 3. The number of amides is 2. The van der Waals surface area contributed by atoms with Crippen molar-refractivity contribution in [1.29, 1.82) is 0 Å². The molecule has 0 aromatic heterocycles. The third-order valence-corrected chi connectivity index (χ3v) is 3.66. The Morgan fingerprint density at radius 1 is 1.14 bits per heavy atom. The van der Waals surface area contributed by atoms with Crippen molar-refractivity contribution in [1.82, 2.24) is 0 Å². The predicted octanol–water partition coefficient (Wildman–Crippen LogP) is 3.81. The van der Waals surface area contributed by atoms with E-state index < -0.39 is 11.8 Å². The minimum absolute atomic E-state index is 0.292. The van der Waals surface area contributed by atoms with Gasteiger partial charge in [-0.3, -0.25) is 9.59 Å². The van der Waals surface area contributed by atoms with E-state index in [4.69, 9.17) is 23.2 Å². The summed E-state index contributed by atoms with van der Waals surface area (Å²) in [4.78, 5) is 25.9. The average molecular weight is 321 g/mol. The van der Waals surface area contributed by atoms with Crippen LogP contribution < -0.4 is 10.2 Å². The number of alkyl halides is 1. The summed E-state index contributed by atoms with van der Waals surface area (Å²) in [5.41, 5.74) is 2.06. The lowest BCUT2D eigenvalue weighted by Gasteiger charge is -2.20. The summed E-state index contributed by atoms with van der Waals surface area (Å²) in [6.45, 7) is 0. The third-order valence-electron chi connectivity index (χ3n) is 3.19. The second kappa shape index (κ2) is 5.39. The fourth-order valence-corrected chi connectivity index (χ4v) is 2.54. The first kappa shape index (κ1) is 13.9. The molecule has 106 valence electrons. The molecular formula is C15H10Cl2N2O2. The van der Waals surface area contributed by atoms with Gasteiger partial charge in [-0.15, -0.1) is 11.6 Å². The second-order valence-corrected chi connectivity index (χ2v) is 5.20. The fraction of sp³-hybridized carbons (Fsp3) is 0.0667. The van der Waals surface area contributed by atoms with Crippen molar-refractivity contribution in [3.8, 4) is 0 Å². The standard InChI is InChI=1S/C15H10Cl2N2O2/c16-8-14(20)19-13-7-9(17)5-6-12(13)18-11-4-2-1-3-10(11)15(19)21/h1-7,18H,8H2. The lowest BCUT2D eigenvalue weighted by Crippen LogP contribution is -2.37. The van der Waals surface area contributed by atoms with Crippen LogP contribution in [-0.2, 0) is 4.79 Å². The Labute approximate surface area is 131 Å². The number of fused-ring (bicyclic) bond motifs is 2. The van der Waals surface area contributed by atoms with E-state index in [1.165, 1.54) is 0 Å². The van der Waals surface area contributed by atoms with Crippen LogP contribution in [0, 0.1) is 0 Å². The van der Waals surface area contributed by atoms with Gasteiger partial charge in [-0.05, 0) is 30.3 Å². The van der Waals surface area contributed by atoms with Gasteiger partial charge in [0.25, 0.3) is 5.91 Å². The van der Waals surface area contributed by atoms with Crippen LogP contribution in [0.5, 0.6) is 0 Å². The average Bonchev–Trinajstić information content (AvgIpc) is 2.61. The van der Waals surface area contributed by atoms with Crippen molar-refractivity contribution in [2.24, 2.45) is 0 Å². The van der Waals surface area contributed by atoms with Gasteiger partial charge in [0.2, 0.25) is 5.91 Å². The van der Waals surface area contributed by atoms with Gasteiger partial charge in [-0.25, -0.2) is 4.90 Å². The van der Waals surface area contributed by atoms with Crippen LogP contribution in [0.25, 0.3) is 0 Å². The van der Waals surface area contributed by atoms with Gasteiger partial charge in [0.1, 0.15) is 5.88 Å². The van der Waals surface area contributed by atoms with Crippen LogP contribution in [-0.4, -0.2) is 17.7 Å². The number of carbonyl (C=O) groups is 2. The van der Waals surface area contributed by atoms with Gasteiger partial charge in [0, 0.05) is 5.02 Å². The monoisotopic (exact) mass is 320 g/mol. The molecule has 3 rings (SSSR count). The number of benzene rings is 2. The summed E-state index contributed by atoms with van der Waals surface area (Å²) in [5, 5.41) is 3.59. The van der Waals surface area contributed by atoms with E-state index in [1.807, 2.05) is 6.07 Å². The van der Waals surface area contributed by atoms with E-state index in [0.29, 0.717) is 27.6 Å². The Hall–Kier alpha value is -2.04. The summed E-state index contributed by atoms with van der Waals surface area (Å²) < 4.78 is 0. The van der Waals surface area contributed by atoms with E-state index in [2.05, 4.69) is 5.32 Å². The molecule has 2 amide bonds. The quantitative estimate of drug-likeness (QED) is 0.813. The number of nitrogens with one attached hydrogen (secondary N) is 1. The lowest BCUT2D eigenvalue weighted by atomic mass is 10.1. The summed E-state index contributed by atoms with van der Waals surface area (Å²) in [7, 11) is 0. The maximum atomic E-state index is 12.7. The summed E-state index contributed by atoms with van der Waals surface area (Å²) in [6.07, 6.45) is 0. The molecule has 1 heterocycles. The van der Waals surface area contributed by atoms with Crippen LogP contribution in [0.2, 0.25) is 5.02 Å². The molecule has 1 N–H and O–H groups in total. The number of nitrogens with zero attached hydrogens (tertiary/aromatic N) is 1. The van der Waals surface area contributed by atoms with Gasteiger partial charge in [-0.1, -0.05) is 23.7 Å². The Morgan fingerprint density at radius 2 is 1.90 bits per heavy atom. The van der Waals surface area contributed by atoms with E-state index in [-0.39, 0.29) is 5.88 Å². The molecule has 0 aliphatic carbocycles. The highest BCUT2D eigenvalue weighted by Crippen LogP contribution is 2.37. The van der Waals surface area contributed by atoms with Crippen LogP contribution in [0.1, 0.15) is 10.4 Å². The van der Waals surface area contributed by atoms with Crippen LogP contribution in [0.4, 0.5) is 17.1 Å². The molecule has 4 nitrogen and oxygen atoms in total. The minimum Gasteiger partial charge on any atom is -0.353 e. The van der Waals surface area contributed by atoms with Gasteiger partial charge in [0.15, 0.2) is 0 Å². The molecule has 6 heteroatoms. The predicted molar refractivity (Wildman–Crippen MR) is 83.7 cm³/mol. The number of anilines is 3. The fourth-order valence-electron chi connectivity index (χ4n) is 2.26. The number of para-hydroxylation sites is 1. The Kier molecular flexibility index (Phi) is 3.57. The van der Waals surface area contributed by atoms with E-state index in [9.17, 15) is 9.59 Å². The van der Waals surface area contributed by atoms with Crippen molar-refractivity contribution in [2.75, 3.05) is 16.1 Å². The number of imide groups is 1. The Morgan fingerprint density at radius 3 is 2.67 bits per heavy atom. The highest BCUT2D eigenvalue weighted by atomic mass is 35.5.